The van der Waals surface area contributed by atoms with E-state index in [4.69, 9.17) is 16.3 Å². The van der Waals surface area contributed by atoms with Gasteiger partial charge in [-0.1, -0.05) is 42.8 Å². The van der Waals surface area contributed by atoms with Crippen LogP contribution in [0.2, 0.25) is 5.02 Å². The van der Waals surface area contributed by atoms with Crippen molar-refractivity contribution in [3.63, 3.8) is 0 Å². The number of ether oxygens (including phenoxy) is 1. The Morgan fingerprint density at radius 3 is 2.24 bits per heavy atom. The topological polar surface area (TPSA) is 54.8 Å². The Morgan fingerprint density at radius 1 is 0.970 bits per heavy atom. The molecule has 0 aliphatic carbocycles. The SMILES string of the molecule is CCC(=O)N1CCN(C(=O)c2cc(-c3ccc(Cl)cc3)n(-c3ccccc3OC)c2C)CC1. The van der Waals surface area contributed by atoms with Crippen LogP contribution >= 0.6 is 11.6 Å². The van der Waals surface area contributed by atoms with Crippen molar-refractivity contribution in [3.8, 4) is 22.7 Å². The molecular formula is C26H28ClN3O3. The Labute approximate surface area is 199 Å². The fourth-order valence-electron chi connectivity index (χ4n) is 4.33. The number of hydrogen-bond donors (Lipinski definition) is 0. The zero-order valence-corrected chi connectivity index (χ0v) is 19.9. The Kier molecular flexibility index (Phi) is 6.75. The van der Waals surface area contributed by atoms with Gasteiger partial charge < -0.3 is 19.1 Å². The number of carbonyl (C=O) groups excluding carboxylic acids is 2. The van der Waals surface area contributed by atoms with Crippen molar-refractivity contribution in [3.05, 3.63) is 70.9 Å². The second kappa shape index (κ2) is 9.71. The van der Waals surface area contributed by atoms with Crippen molar-refractivity contribution in [2.75, 3.05) is 33.3 Å². The fourth-order valence-corrected chi connectivity index (χ4v) is 4.46. The van der Waals surface area contributed by atoms with Crippen LogP contribution in [0.3, 0.4) is 0 Å². The third-order valence-electron chi connectivity index (χ3n) is 6.17. The van der Waals surface area contributed by atoms with E-state index in [-0.39, 0.29) is 11.8 Å². The molecule has 7 heteroatoms. The average Bonchev–Trinajstić information content (AvgIpc) is 3.20. The molecule has 0 N–H and O–H groups in total. The highest BCUT2D eigenvalue weighted by Gasteiger charge is 2.28. The molecule has 1 saturated heterocycles. The Hall–Kier alpha value is -3.25. The molecule has 2 heterocycles. The van der Waals surface area contributed by atoms with E-state index >= 15 is 0 Å². The summed E-state index contributed by atoms with van der Waals surface area (Å²) in [6, 6.07) is 17.3. The van der Waals surface area contributed by atoms with E-state index in [1.54, 1.807) is 7.11 Å². The van der Waals surface area contributed by atoms with Crippen molar-refractivity contribution < 1.29 is 14.3 Å². The van der Waals surface area contributed by atoms with Crippen LogP contribution < -0.4 is 4.74 Å². The summed E-state index contributed by atoms with van der Waals surface area (Å²) in [6.45, 7) is 6.00. The number of aromatic nitrogens is 1. The monoisotopic (exact) mass is 465 g/mol. The first kappa shape index (κ1) is 22.9. The van der Waals surface area contributed by atoms with Gasteiger partial charge in [0.25, 0.3) is 5.91 Å². The van der Waals surface area contributed by atoms with Gasteiger partial charge >= 0.3 is 0 Å². The first-order valence-corrected chi connectivity index (χ1v) is 11.5. The number of piperazine rings is 1. The molecule has 4 rings (SSSR count). The summed E-state index contributed by atoms with van der Waals surface area (Å²) in [6.07, 6.45) is 0.485. The lowest BCUT2D eigenvalue weighted by molar-refractivity contribution is -0.132. The number of rotatable bonds is 5. The maximum absolute atomic E-state index is 13.6. The third-order valence-corrected chi connectivity index (χ3v) is 6.42. The molecule has 1 aliphatic heterocycles. The fraction of sp³-hybridized carbons (Fsp3) is 0.308. The number of carbonyl (C=O) groups is 2. The highest BCUT2D eigenvalue weighted by atomic mass is 35.5. The van der Waals surface area contributed by atoms with Crippen LogP contribution in [0.15, 0.2) is 54.6 Å². The molecule has 1 fully saturated rings. The van der Waals surface area contributed by atoms with Gasteiger partial charge in [0, 0.05) is 43.3 Å². The lowest BCUT2D eigenvalue weighted by Crippen LogP contribution is -2.50. The molecule has 0 atom stereocenters. The zero-order valence-electron chi connectivity index (χ0n) is 19.2. The molecule has 33 heavy (non-hydrogen) atoms. The van der Waals surface area contributed by atoms with Crippen LogP contribution in [0, 0.1) is 6.92 Å². The highest BCUT2D eigenvalue weighted by molar-refractivity contribution is 6.30. The van der Waals surface area contributed by atoms with E-state index < -0.39 is 0 Å². The van der Waals surface area contributed by atoms with E-state index in [0.29, 0.717) is 43.2 Å². The molecule has 0 radical (unpaired) electrons. The highest BCUT2D eigenvalue weighted by Crippen LogP contribution is 2.34. The molecule has 2 amide bonds. The minimum Gasteiger partial charge on any atom is -0.495 e. The van der Waals surface area contributed by atoms with Gasteiger partial charge in [0.15, 0.2) is 0 Å². The summed E-state index contributed by atoms with van der Waals surface area (Å²) in [7, 11) is 1.64. The Bertz CT molecular complexity index is 1160. The van der Waals surface area contributed by atoms with E-state index in [2.05, 4.69) is 4.57 Å². The molecule has 1 aliphatic rings. The van der Waals surface area contributed by atoms with E-state index in [1.807, 2.05) is 78.2 Å². The normalized spacial score (nSPS) is 13.8. The molecule has 0 unspecified atom stereocenters. The van der Waals surface area contributed by atoms with Gasteiger partial charge in [-0.25, -0.2) is 0 Å². The maximum Gasteiger partial charge on any atom is 0.255 e. The third kappa shape index (κ3) is 4.48. The molecule has 172 valence electrons. The van der Waals surface area contributed by atoms with Crippen molar-refractivity contribution in [2.24, 2.45) is 0 Å². The predicted octanol–water partition coefficient (Wildman–Crippen LogP) is 4.81. The first-order valence-electron chi connectivity index (χ1n) is 11.1. The molecule has 0 saturated carbocycles. The molecular weight excluding hydrogens is 438 g/mol. The Balaban J connectivity index is 1.75. The zero-order chi connectivity index (χ0) is 23.5. The van der Waals surface area contributed by atoms with Crippen molar-refractivity contribution in [1.82, 2.24) is 14.4 Å². The van der Waals surface area contributed by atoms with Crippen LogP contribution in [0.1, 0.15) is 29.4 Å². The predicted molar refractivity (Wildman–Crippen MR) is 130 cm³/mol. The number of methoxy groups -OCH3 is 1. The quantitative estimate of drug-likeness (QED) is 0.543. The summed E-state index contributed by atoms with van der Waals surface area (Å²) in [5.74, 6) is 0.822. The van der Waals surface area contributed by atoms with Crippen LogP contribution in [0.25, 0.3) is 16.9 Å². The van der Waals surface area contributed by atoms with Crippen LogP contribution in [-0.2, 0) is 4.79 Å². The number of para-hydroxylation sites is 2. The molecule has 1 aromatic heterocycles. The molecule has 2 aromatic carbocycles. The number of nitrogens with zero attached hydrogens (tertiary/aromatic N) is 3. The summed E-state index contributed by atoms with van der Waals surface area (Å²) in [5, 5.41) is 0.654. The summed E-state index contributed by atoms with van der Waals surface area (Å²) in [4.78, 5) is 29.2. The number of amides is 2. The van der Waals surface area contributed by atoms with Crippen molar-refractivity contribution >= 4 is 23.4 Å². The second-order valence-electron chi connectivity index (χ2n) is 8.07. The molecule has 6 nitrogen and oxygen atoms in total. The second-order valence-corrected chi connectivity index (χ2v) is 8.51. The van der Waals surface area contributed by atoms with E-state index in [1.165, 1.54) is 0 Å². The first-order chi connectivity index (χ1) is 15.9. The van der Waals surface area contributed by atoms with Crippen LogP contribution in [-0.4, -0.2) is 59.5 Å². The van der Waals surface area contributed by atoms with Gasteiger partial charge in [-0.15, -0.1) is 0 Å². The number of benzene rings is 2. The van der Waals surface area contributed by atoms with Crippen molar-refractivity contribution in [1.29, 1.82) is 0 Å². The number of halogens is 1. The van der Waals surface area contributed by atoms with Gasteiger partial charge in [0.2, 0.25) is 5.91 Å². The summed E-state index contributed by atoms with van der Waals surface area (Å²) >= 11 is 6.12. The largest absolute Gasteiger partial charge is 0.495 e. The van der Waals surface area contributed by atoms with Gasteiger partial charge in [-0.3, -0.25) is 9.59 Å². The minimum absolute atomic E-state index is 0.0278. The standard InChI is InChI=1S/C26H28ClN3O3/c1-4-25(31)28-13-15-29(16-14-28)26(32)21-17-23(19-9-11-20(27)12-10-19)30(18(21)2)22-7-5-6-8-24(22)33-3/h5-12,17H,4,13-16H2,1-3H3. The lowest BCUT2D eigenvalue weighted by atomic mass is 10.1. The molecule has 0 bridgehead atoms. The smallest absolute Gasteiger partial charge is 0.255 e. The van der Waals surface area contributed by atoms with Gasteiger partial charge in [-0.2, -0.15) is 0 Å². The molecule has 0 spiro atoms. The van der Waals surface area contributed by atoms with E-state index in [9.17, 15) is 9.59 Å². The minimum atomic E-state index is -0.0278. The number of hydrogen-bond acceptors (Lipinski definition) is 3. The average molecular weight is 466 g/mol. The maximum atomic E-state index is 13.6. The van der Waals surface area contributed by atoms with Gasteiger partial charge in [-0.05, 0) is 42.8 Å². The van der Waals surface area contributed by atoms with Crippen LogP contribution in [0.5, 0.6) is 5.75 Å². The van der Waals surface area contributed by atoms with Gasteiger partial charge in [0.1, 0.15) is 5.75 Å². The van der Waals surface area contributed by atoms with Crippen molar-refractivity contribution in [2.45, 2.75) is 20.3 Å². The summed E-state index contributed by atoms with van der Waals surface area (Å²) in [5.41, 5.74) is 4.17. The molecule has 3 aromatic rings. The Morgan fingerprint density at radius 2 is 1.61 bits per heavy atom. The van der Waals surface area contributed by atoms with Gasteiger partial charge in [0.05, 0.1) is 24.1 Å². The lowest BCUT2D eigenvalue weighted by Gasteiger charge is -2.34. The van der Waals surface area contributed by atoms with Crippen LogP contribution in [0.4, 0.5) is 0 Å². The summed E-state index contributed by atoms with van der Waals surface area (Å²) < 4.78 is 7.68. The van der Waals surface area contributed by atoms with E-state index in [0.717, 1.165) is 28.4 Å².